The van der Waals surface area contributed by atoms with Crippen molar-refractivity contribution in [1.29, 1.82) is 0 Å². The van der Waals surface area contributed by atoms with Gasteiger partial charge in [-0.1, -0.05) is 24.4 Å². The summed E-state index contributed by atoms with van der Waals surface area (Å²) >= 11 is 18.0. The summed E-state index contributed by atoms with van der Waals surface area (Å²) in [6.45, 7) is 4.56. The van der Waals surface area contributed by atoms with Gasteiger partial charge in [0.05, 0.1) is 0 Å². The number of thiol groups is 2. The van der Waals surface area contributed by atoms with Crippen LogP contribution in [-0.4, -0.2) is 104 Å². The fourth-order valence-electron chi connectivity index (χ4n) is 1.04. The van der Waals surface area contributed by atoms with Crippen molar-refractivity contribution in [3.05, 3.63) is 0 Å². The van der Waals surface area contributed by atoms with Crippen LogP contribution in [0, 0.1) is 0 Å². The fraction of sp³-hybridized carbons (Fsp3) is 0.750. The zero-order valence-corrected chi connectivity index (χ0v) is 16.5. The molecule has 0 amide bonds. The van der Waals surface area contributed by atoms with Gasteiger partial charge in [-0.15, -0.1) is 25.3 Å². The number of hydrogen-bond acceptors (Lipinski definition) is 4. The minimum absolute atomic E-state index is 0. The van der Waals surface area contributed by atoms with Crippen molar-refractivity contribution >= 4 is 110 Å². The Labute approximate surface area is 167 Å². The number of hydrogen-bond donors (Lipinski definition) is 5. The Morgan fingerprint density at radius 2 is 1.71 bits per heavy atom. The van der Waals surface area contributed by atoms with Crippen molar-refractivity contribution in [3.63, 3.8) is 0 Å². The molecular weight excluding hydrogens is 319 g/mol. The van der Waals surface area contributed by atoms with Crippen molar-refractivity contribution in [2.75, 3.05) is 39.3 Å². The molecule has 0 spiro atoms. The van der Waals surface area contributed by atoms with E-state index in [2.05, 4.69) is 35.9 Å². The van der Waals surface area contributed by atoms with Crippen LogP contribution in [0.3, 0.4) is 0 Å². The Hall–Kier alpha value is 2.04. The summed E-state index contributed by atoms with van der Waals surface area (Å²) in [5.41, 5.74) is 5.37. The minimum atomic E-state index is 0. The summed E-state index contributed by atoms with van der Waals surface area (Å²) in [4.78, 5) is 1.99. The van der Waals surface area contributed by atoms with Crippen LogP contribution in [0.1, 0.15) is 0 Å². The average molecular weight is 338 g/mol. The van der Waals surface area contributed by atoms with Gasteiger partial charge in [0.25, 0.3) is 0 Å². The van der Waals surface area contributed by atoms with Crippen molar-refractivity contribution in [1.82, 2.24) is 15.5 Å². The number of rotatable bonds is 8. The summed E-state index contributed by atoms with van der Waals surface area (Å²) in [6.07, 6.45) is 0. The van der Waals surface area contributed by atoms with Crippen molar-refractivity contribution < 1.29 is 0 Å². The molecule has 0 heterocycles. The van der Waals surface area contributed by atoms with Crippen LogP contribution in [0.2, 0.25) is 0 Å². The van der Waals surface area contributed by atoms with E-state index in [0.717, 1.165) is 26.2 Å². The molecule has 0 aromatic carbocycles. The summed E-state index contributed by atoms with van der Waals surface area (Å²) in [6, 6.07) is 0. The summed E-state index contributed by atoms with van der Waals surface area (Å²) in [5.74, 6) is 0. The van der Waals surface area contributed by atoms with Gasteiger partial charge < -0.3 is 21.3 Å². The molecule has 0 saturated heterocycles. The number of nitrogens with two attached hydrogens (primary N) is 1. The van der Waals surface area contributed by atoms with Crippen molar-refractivity contribution in [2.45, 2.75) is 0 Å². The maximum absolute atomic E-state index is 5.37. The molecule has 0 aliphatic carbocycles. The van der Waals surface area contributed by atoms with E-state index in [-0.39, 0.29) is 51.4 Å². The molecule has 17 heavy (non-hydrogen) atoms. The molecule has 1 radical (unpaired) electrons. The molecule has 0 saturated carbocycles. The van der Waals surface area contributed by atoms with E-state index >= 15 is 0 Å². The summed E-state index contributed by atoms with van der Waals surface area (Å²) < 4.78 is 1.08. The molecule has 0 fully saturated rings. The van der Waals surface area contributed by atoms with E-state index in [9.17, 15) is 0 Å². The average Bonchev–Trinajstić information content (AvgIpc) is 2.20. The van der Waals surface area contributed by atoms with E-state index in [0.29, 0.717) is 21.7 Å². The predicted octanol–water partition coefficient (Wildman–Crippen LogP) is -0.525. The van der Waals surface area contributed by atoms with E-state index < -0.39 is 0 Å². The fourth-order valence-corrected chi connectivity index (χ4v) is 1.64. The Morgan fingerprint density at radius 3 is 2.18 bits per heavy atom. The zero-order chi connectivity index (χ0) is 12.4. The first-order chi connectivity index (χ1) is 7.57. The first kappa shape index (κ1) is 21.3. The standard InChI is InChI=1S/C8H18N4S4.K/c9-1-2-10-3-5-12(8(15)16)6-4-11-7(13)14;/h10H,1-6,9H2,(H,15,16)(H2,11,13,14);. The molecule has 0 unspecified atom stereocenters. The zero-order valence-electron chi connectivity index (χ0n) is 9.98. The molecule has 0 rings (SSSR count). The van der Waals surface area contributed by atoms with Crippen LogP contribution >= 0.6 is 49.7 Å². The third-order valence-electron chi connectivity index (χ3n) is 1.81. The second-order valence-electron chi connectivity index (χ2n) is 3.04. The molecule has 0 aliphatic heterocycles. The third kappa shape index (κ3) is 14.3. The van der Waals surface area contributed by atoms with Gasteiger partial charge in [0.15, 0.2) is 0 Å². The molecule has 0 aromatic heterocycles. The van der Waals surface area contributed by atoms with Gasteiger partial charge in [0, 0.05) is 90.7 Å². The Morgan fingerprint density at radius 1 is 1.12 bits per heavy atom. The smallest absolute Gasteiger partial charge is 0.133 e. The Bertz CT molecular complexity index is 230. The van der Waals surface area contributed by atoms with Crippen LogP contribution in [0.25, 0.3) is 0 Å². The molecular formula is C8H18KN4S4. The van der Waals surface area contributed by atoms with Gasteiger partial charge in [-0.05, 0) is 0 Å². The van der Waals surface area contributed by atoms with Gasteiger partial charge >= 0.3 is 0 Å². The maximum atomic E-state index is 5.37. The topological polar surface area (TPSA) is 53.3 Å². The normalized spacial score (nSPS) is 9.35. The van der Waals surface area contributed by atoms with E-state index in [4.69, 9.17) is 30.2 Å². The molecule has 0 bridgehead atoms. The van der Waals surface area contributed by atoms with Crippen molar-refractivity contribution in [2.24, 2.45) is 5.73 Å². The van der Waals surface area contributed by atoms with Crippen molar-refractivity contribution in [3.8, 4) is 0 Å². The quantitative estimate of drug-likeness (QED) is 0.178. The molecule has 9 heteroatoms. The van der Waals surface area contributed by atoms with Gasteiger partial charge in [-0.25, -0.2) is 0 Å². The maximum Gasteiger partial charge on any atom is 0.133 e. The van der Waals surface area contributed by atoms with Crippen LogP contribution in [0.4, 0.5) is 0 Å². The Balaban J connectivity index is 0. The Kier molecular flexibility index (Phi) is 18.1. The van der Waals surface area contributed by atoms with Gasteiger partial charge in [-0.2, -0.15) is 0 Å². The monoisotopic (exact) mass is 337 g/mol. The summed E-state index contributed by atoms with van der Waals surface area (Å²) in [5, 5.41) is 6.15. The molecule has 0 aliphatic rings. The van der Waals surface area contributed by atoms with E-state index in [1.165, 1.54) is 0 Å². The second-order valence-corrected chi connectivity index (χ2v) is 5.31. The molecule has 95 valence electrons. The SMILES string of the molecule is NCCNCCN(CCNC(=S)S)C(=S)S.[K]. The summed E-state index contributed by atoms with van der Waals surface area (Å²) in [7, 11) is 0. The van der Waals surface area contributed by atoms with Crippen LogP contribution in [0.15, 0.2) is 0 Å². The largest absolute Gasteiger partial charge is 0.369 e. The first-order valence-corrected chi connectivity index (χ1v) is 6.64. The van der Waals surface area contributed by atoms with Crippen LogP contribution in [0.5, 0.6) is 0 Å². The molecule has 4 nitrogen and oxygen atoms in total. The molecule has 0 aromatic rings. The van der Waals surface area contributed by atoms with Crippen LogP contribution < -0.4 is 16.4 Å². The third-order valence-corrected chi connectivity index (χ3v) is 2.65. The predicted molar refractivity (Wildman–Crippen MR) is 90.4 cm³/mol. The second kappa shape index (κ2) is 14.4. The van der Waals surface area contributed by atoms with E-state index in [1.54, 1.807) is 0 Å². The number of nitrogens with zero attached hydrogens (tertiary/aromatic N) is 1. The van der Waals surface area contributed by atoms with Crippen LogP contribution in [-0.2, 0) is 0 Å². The van der Waals surface area contributed by atoms with Gasteiger partial charge in [-0.3, -0.25) is 0 Å². The van der Waals surface area contributed by atoms with E-state index in [1.807, 2.05) is 4.90 Å². The first-order valence-electron chi connectivity index (χ1n) is 4.93. The minimum Gasteiger partial charge on any atom is -0.369 e. The van der Waals surface area contributed by atoms with Gasteiger partial charge in [0.2, 0.25) is 0 Å². The molecule has 4 N–H and O–H groups in total. The van der Waals surface area contributed by atoms with Gasteiger partial charge in [0.1, 0.15) is 8.64 Å². The molecule has 0 atom stereocenters. The number of nitrogens with one attached hydrogen (secondary N) is 2. The number of thiocarbonyl (C=S) groups is 2.